The van der Waals surface area contributed by atoms with Crippen LogP contribution < -0.4 is 10.3 Å². The third kappa shape index (κ3) is 5.65. The van der Waals surface area contributed by atoms with E-state index in [1.165, 1.54) is 14.1 Å². The molecule has 0 aliphatic rings. The molecule has 0 aliphatic heterocycles. The first-order chi connectivity index (χ1) is 12.7. The number of amides is 1. The SMILES string of the molecule is CN(C)S(=O)(=O)NC(=O)CSc1nc(Cc2ccccc2)c(C#N)c(=O)[nH]1. The smallest absolute Gasteiger partial charge is 0.300 e. The normalized spacial score (nSPS) is 11.2. The Balaban J connectivity index is 2.17. The molecule has 0 saturated carbocycles. The Bertz CT molecular complexity index is 1030. The van der Waals surface area contributed by atoms with Crippen LogP contribution in [0.3, 0.4) is 0 Å². The van der Waals surface area contributed by atoms with Gasteiger partial charge in [-0.05, 0) is 5.56 Å². The lowest BCUT2D eigenvalue weighted by molar-refractivity contribution is -0.116. The van der Waals surface area contributed by atoms with Crippen molar-refractivity contribution < 1.29 is 13.2 Å². The molecule has 0 unspecified atom stereocenters. The van der Waals surface area contributed by atoms with E-state index < -0.39 is 21.7 Å². The summed E-state index contributed by atoms with van der Waals surface area (Å²) in [6.45, 7) is 0. The summed E-state index contributed by atoms with van der Waals surface area (Å²) in [7, 11) is -1.30. The monoisotopic (exact) mass is 407 g/mol. The quantitative estimate of drug-likeness (QED) is 0.496. The van der Waals surface area contributed by atoms with E-state index in [1.54, 1.807) is 0 Å². The minimum absolute atomic E-state index is 0.0946. The van der Waals surface area contributed by atoms with Crippen molar-refractivity contribution in [2.24, 2.45) is 0 Å². The van der Waals surface area contributed by atoms with Crippen LogP contribution in [-0.2, 0) is 21.4 Å². The fourth-order valence-corrected chi connectivity index (χ4v) is 3.31. The van der Waals surface area contributed by atoms with Gasteiger partial charge in [0.15, 0.2) is 5.16 Å². The molecule has 1 aromatic heterocycles. The molecule has 1 heterocycles. The van der Waals surface area contributed by atoms with Crippen molar-refractivity contribution in [3.05, 3.63) is 57.5 Å². The maximum absolute atomic E-state index is 12.1. The molecule has 27 heavy (non-hydrogen) atoms. The Labute approximate surface area is 160 Å². The molecule has 0 aliphatic carbocycles. The average molecular weight is 407 g/mol. The molecule has 0 spiro atoms. The number of thioether (sulfide) groups is 1. The molecule has 0 saturated heterocycles. The Kier molecular flexibility index (Phi) is 6.73. The van der Waals surface area contributed by atoms with Gasteiger partial charge in [0.05, 0.1) is 11.4 Å². The van der Waals surface area contributed by atoms with Crippen molar-refractivity contribution in [1.82, 2.24) is 19.0 Å². The number of benzene rings is 1. The van der Waals surface area contributed by atoms with Gasteiger partial charge >= 0.3 is 10.2 Å². The van der Waals surface area contributed by atoms with E-state index in [4.69, 9.17) is 0 Å². The molecule has 142 valence electrons. The molecule has 0 radical (unpaired) electrons. The van der Waals surface area contributed by atoms with Gasteiger partial charge < -0.3 is 4.98 Å². The van der Waals surface area contributed by atoms with Crippen molar-refractivity contribution in [2.45, 2.75) is 11.6 Å². The summed E-state index contributed by atoms with van der Waals surface area (Å²) >= 11 is 0.868. The third-order valence-corrected chi connectivity index (χ3v) is 5.68. The number of aromatic amines is 1. The first-order valence-electron chi connectivity index (χ1n) is 7.66. The van der Waals surface area contributed by atoms with Crippen LogP contribution in [0.5, 0.6) is 0 Å². The van der Waals surface area contributed by atoms with Crippen molar-refractivity contribution in [2.75, 3.05) is 19.8 Å². The molecule has 2 aromatic rings. The summed E-state index contributed by atoms with van der Waals surface area (Å²) in [6, 6.07) is 11.0. The molecule has 1 amide bonds. The first-order valence-corrected chi connectivity index (χ1v) is 10.1. The van der Waals surface area contributed by atoms with Gasteiger partial charge in [-0.15, -0.1) is 0 Å². The number of nitrogens with one attached hydrogen (secondary N) is 2. The average Bonchev–Trinajstić information content (AvgIpc) is 2.60. The summed E-state index contributed by atoms with van der Waals surface area (Å²) in [5, 5.41) is 9.34. The van der Waals surface area contributed by atoms with E-state index in [2.05, 4.69) is 9.97 Å². The van der Waals surface area contributed by atoms with Crippen LogP contribution in [0.2, 0.25) is 0 Å². The van der Waals surface area contributed by atoms with Gasteiger partial charge in [-0.3, -0.25) is 9.59 Å². The minimum atomic E-state index is -3.88. The van der Waals surface area contributed by atoms with Crippen LogP contribution in [0.15, 0.2) is 40.3 Å². The van der Waals surface area contributed by atoms with E-state index in [0.717, 1.165) is 21.6 Å². The largest absolute Gasteiger partial charge is 0.303 e. The third-order valence-electron chi connectivity index (χ3n) is 3.36. The maximum atomic E-state index is 12.1. The number of H-pyrrole nitrogens is 1. The van der Waals surface area contributed by atoms with Crippen LogP contribution in [0.4, 0.5) is 0 Å². The maximum Gasteiger partial charge on any atom is 0.303 e. The Morgan fingerprint density at radius 3 is 2.59 bits per heavy atom. The number of carbonyl (C=O) groups excluding carboxylic acids is 1. The molecular weight excluding hydrogens is 390 g/mol. The molecule has 2 N–H and O–H groups in total. The van der Waals surface area contributed by atoms with Crippen molar-refractivity contribution in [1.29, 1.82) is 5.26 Å². The molecule has 11 heteroatoms. The van der Waals surface area contributed by atoms with E-state index in [1.807, 2.05) is 41.1 Å². The lowest BCUT2D eigenvalue weighted by atomic mass is 10.1. The van der Waals surface area contributed by atoms with Crippen LogP contribution in [0.1, 0.15) is 16.8 Å². The molecule has 9 nitrogen and oxygen atoms in total. The van der Waals surface area contributed by atoms with Gasteiger partial charge in [0.2, 0.25) is 5.91 Å². The number of carbonyl (C=O) groups is 1. The predicted octanol–water partition coefficient (Wildman–Crippen LogP) is 0.247. The molecular formula is C16H17N5O4S2. The zero-order valence-electron chi connectivity index (χ0n) is 14.6. The molecule has 2 rings (SSSR count). The zero-order valence-corrected chi connectivity index (χ0v) is 16.2. The number of nitrogens with zero attached hydrogens (tertiary/aromatic N) is 3. The number of rotatable bonds is 7. The molecule has 0 fully saturated rings. The summed E-state index contributed by atoms with van der Waals surface area (Å²) < 4.78 is 26.0. The second-order valence-corrected chi connectivity index (χ2v) is 8.42. The zero-order chi connectivity index (χ0) is 20.0. The summed E-state index contributed by atoms with van der Waals surface area (Å²) in [5.74, 6) is -1.03. The van der Waals surface area contributed by atoms with Gasteiger partial charge in [-0.25, -0.2) is 9.71 Å². The van der Waals surface area contributed by atoms with Crippen LogP contribution in [-0.4, -0.2) is 48.4 Å². The molecule has 0 atom stereocenters. The summed E-state index contributed by atoms with van der Waals surface area (Å²) in [6.07, 6.45) is 0.280. The van der Waals surface area contributed by atoms with E-state index >= 15 is 0 Å². The highest BCUT2D eigenvalue weighted by atomic mass is 32.2. The van der Waals surface area contributed by atoms with Gasteiger partial charge in [0.1, 0.15) is 11.6 Å². The number of hydrogen-bond donors (Lipinski definition) is 2. The Morgan fingerprint density at radius 1 is 1.33 bits per heavy atom. The lowest BCUT2D eigenvalue weighted by Gasteiger charge is -2.12. The highest BCUT2D eigenvalue weighted by Crippen LogP contribution is 2.15. The van der Waals surface area contributed by atoms with Gasteiger partial charge in [-0.1, -0.05) is 42.1 Å². The fraction of sp³-hybridized carbons (Fsp3) is 0.250. The minimum Gasteiger partial charge on any atom is -0.300 e. The van der Waals surface area contributed by atoms with Crippen molar-refractivity contribution in [3.63, 3.8) is 0 Å². The van der Waals surface area contributed by atoms with E-state index in [-0.39, 0.29) is 28.6 Å². The number of hydrogen-bond acceptors (Lipinski definition) is 7. The number of nitriles is 1. The highest BCUT2D eigenvalue weighted by Gasteiger charge is 2.18. The van der Waals surface area contributed by atoms with E-state index in [9.17, 15) is 23.3 Å². The first kappa shape index (κ1) is 20.6. The van der Waals surface area contributed by atoms with Gasteiger partial charge in [0, 0.05) is 20.5 Å². The van der Waals surface area contributed by atoms with Gasteiger partial charge in [-0.2, -0.15) is 18.0 Å². The number of aromatic nitrogens is 2. The van der Waals surface area contributed by atoms with Gasteiger partial charge in [0.25, 0.3) is 5.56 Å². The molecule has 1 aromatic carbocycles. The molecule has 0 bridgehead atoms. The van der Waals surface area contributed by atoms with Crippen LogP contribution in [0, 0.1) is 11.3 Å². The fourth-order valence-electron chi connectivity index (χ4n) is 2.00. The summed E-state index contributed by atoms with van der Waals surface area (Å²) in [5.41, 5.74) is 0.458. The lowest BCUT2D eigenvalue weighted by Crippen LogP contribution is -2.40. The van der Waals surface area contributed by atoms with Crippen LogP contribution in [0.25, 0.3) is 0 Å². The second-order valence-electron chi connectivity index (χ2n) is 5.57. The van der Waals surface area contributed by atoms with Crippen molar-refractivity contribution >= 4 is 27.9 Å². The highest BCUT2D eigenvalue weighted by molar-refractivity contribution is 7.99. The standard InChI is InChI=1S/C16H17N5O4S2/c1-21(2)27(24,25)20-14(22)10-26-16-18-13(12(9-17)15(23)19-16)8-11-6-4-3-5-7-11/h3-7H,8,10H2,1-2H3,(H,20,22)(H,18,19,23). The van der Waals surface area contributed by atoms with Crippen molar-refractivity contribution in [3.8, 4) is 6.07 Å². The Hall–Kier alpha value is -2.68. The topological polar surface area (TPSA) is 136 Å². The van der Waals surface area contributed by atoms with E-state index in [0.29, 0.717) is 0 Å². The Morgan fingerprint density at radius 2 is 2.00 bits per heavy atom. The second kappa shape index (κ2) is 8.81. The van der Waals surface area contributed by atoms with Crippen LogP contribution >= 0.6 is 11.8 Å². The predicted molar refractivity (Wildman–Crippen MR) is 100 cm³/mol. The summed E-state index contributed by atoms with van der Waals surface area (Å²) in [4.78, 5) is 30.6.